The lowest BCUT2D eigenvalue weighted by molar-refractivity contribution is 0.536. The molecule has 3 rings (SSSR count). The number of fused-ring (bicyclic) bond motifs is 3. The number of rotatable bonds is 0. The fourth-order valence-electron chi connectivity index (χ4n) is 2.67. The van der Waals surface area contributed by atoms with E-state index >= 15 is 0 Å². The van der Waals surface area contributed by atoms with Crippen molar-refractivity contribution in [1.29, 1.82) is 0 Å². The van der Waals surface area contributed by atoms with E-state index in [4.69, 9.17) is 0 Å². The third-order valence-corrected chi connectivity index (χ3v) is 6.44. The summed E-state index contributed by atoms with van der Waals surface area (Å²) in [6, 6.07) is 0. The summed E-state index contributed by atoms with van der Waals surface area (Å²) in [6.07, 6.45) is 7.93. The minimum Gasteiger partial charge on any atom is -0.140 e. The van der Waals surface area contributed by atoms with Gasteiger partial charge >= 0.3 is 0 Å². The summed E-state index contributed by atoms with van der Waals surface area (Å²) >= 11 is 4.13. The Morgan fingerprint density at radius 2 is 1.82 bits per heavy atom. The molecular weight excluding hydrogens is 244 g/mol. The molecule has 0 unspecified atom stereocenters. The number of thiophene rings is 1. The van der Waals surface area contributed by atoms with Gasteiger partial charge in [0.1, 0.15) is 0 Å². The van der Waals surface area contributed by atoms with Crippen LogP contribution in [-0.2, 0) is 18.6 Å². The lowest BCUT2D eigenvalue weighted by Crippen LogP contribution is -2.09. The molecule has 0 radical (unpaired) electrons. The topological polar surface area (TPSA) is 0 Å². The molecule has 0 saturated carbocycles. The Hall–Kier alpha value is -0.210. The summed E-state index contributed by atoms with van der Waals surface area (Å²) in [7, 11) is 0. The number of allylic oxidation sites excluding steroid dienone is 1. The molecule has 1 aromatic rings. The average molecular weight is 264 g/mol. The second-order valence-corrected chi connectivity index (χ2v) is 8.25. The second-order valence-electron chi connectivity index (χ2n) is 6.10. The number of hydrogen-bond acceptors (Lipinski definition) is 2. The van der Waals surface area contributed by atoms with Crippen LogP contribution in [0.4, 0.5) is 0 Å². The fraction of sp³-hybridized carbons (Fsp3) is 0.600. The Kier molecular flexibility index (Phi) is 2.91. The van der Waals surface area contributed by atoms with Crippen LogP contribution in [0, 0.1) is 5.41 Å². The van der Waals surface area contributed by atoms with Crippen molar-refractivity contribution in [3.63, 3.8) is 0 Å². The zero-order valence-corrected chi connectivity index (χ0v) is 12.6. The molecule has 1 aromatic heterocycles. The maximum atomic E-state index is 2.46. The summed E-state index contributed by atoms with van der Waals surface area (Å²) in [4.78, 5) is 4.82. The molecule has 2 heterocycles. The molecule has 17 heavy (non-hydrogen) atoms. The van der Waals surface area contributed by atoms with Crippen LogP contribution in [0.2, 0.25) is 0 Å². The Morgan fingerprint density at radius 1 is 1.06 bits per heavy atom. The first kappa shape index (κ1) is 11.9. The van der Waals surface area contributed by atoms with Gasteiger partial charge in [-0.05, 0) is 53.2 Å². The summed E-state index contributed by atoms with van der Waals surface area (Å²) in [5.41, 5.74) is 3.70. The zero-order valence-electron chi connectivity index (χ0n) is 10.9. The minimum absolute atomic E-state index is 0.312. The third-order valence-electron chi connectivity index (χ3n) is 3.69. The number of hydrogen-bond donors (Lipinski definition) is 0. The van der Waals surface area contributed by atoms with Crippen molar-refractivity contribution in [2.24, 2.45) is 5.41 Å². The molecule has 0 N–H and O–H groups in total. The van der Waals surface area contributed by atoms with Crippen LogP contribution in [0.1, 0.15) is 54.5 Å². The van der Waals surface area contributed by atoms with Crippen molar-refractivity contribution in [2.75, 3.05) is 0 Å². The molecule has 0 amide bonds. The van der Waals surface area contributed by atoms with E-state index in [0.717, 1.165) is 0 Å². The normalized spacial score (nSPS) is 19.6. The first-order chi connectivity index (χ1) is 8.05. The van der Waals surface area contributed by atoms with Crippen LogP contribution in [0.15, 0.2) is 4.91 Å². The van der Waals surface area contributed by atoms with Crippen LogP contribution in [0.25, 0.3) is 6.08 Å². The lowest BCUT2D eigenvalue weighted by Gasteiger charge is -2.25. The van der Waals surface area contributed by atoms with Crippen LogP contribution < -0.4 is 0 Å². The van der Waals surface area contributed by atoms with Gasteiger partial charge in [0.25, 0.3) is 0 Å². The van der Waals surface area contributed by atoms with Gasteiger partial charge in [0.05, 0.1) is 0 Å². The van der Waals surface area contributed by atoms with Crippen molar-refractivity contribution >= 4 is 29.2 Å². The average Bonchev–Trinajstić information content (AvgIpc) is 2.65. The maximum absolute atomic E-state index is 2.46. The molecule has 0 aromatic carbocycles. The van der Waals surface area contributed by atoms with E-state index in [-0.39, 0.29) is 0 Å². The minimum atomic E-state index is 0.312. The largest absolute Gasteiger partial charge is 0.140 e. The molecule has 0 fully saturated rings. The van der Waals surface area contributed by atoms with Gasteiger partial charge in [-0.25, -0.2) is 0 Å². The Balaban J connectivity index is 2.04. The van der Waals surface area contributed by atoms with Gasteiger partial charge in [0, 0.05) is 15.5 Å². The van der Waals surface area contributed by atoms with Crippen molar-refractivity contribution < 1.29 is 0 Å². The van der Waals surface area contributed by atoms with E-state index in [9.17, 15) is 0 Å². The van der Waals surface area contributed by atoms with Gasteiger partial charge in [0.15, 0.2) is 0 Å². The van der Waals surface area contributed by atoms with Crippen LogP contribution in [-0.4, -0.2) is 0 Å². The predicted molar refractivity (Wildman–Crippen MR) is 79.7 cm³/mol. The molecule has 0 nitrogen and oxygen atoms in total. The van der Waals surface area contributed by atoms with E-state index in [1.165, 1.54) is 31.4 Å². The smallest absolute Gasteiger partial charge is 0.0324 e. The molecule has 0 atom stereocenters. The maximum Gasteiger partial charge on any atom is 0.0324 e. The van der Waals surface area contributed by atoms with Crippen molar-refractivity contribution in [3.8, 4) is 0 Å². The zero-order chi connectivity index (χ0) is 12.0. The van der Waals surface area contributed by atoms with E-state index < -0.39 is 0 Å². The highest BCUT2D eigenvalue weighted by molar-refractivity contribution is 8.02. The number of aryl methyl sites for hydroxylation is 1. The van der Waals surface area contributed by atoms with Crippen LogP contribution in [0.3, 0.4) is 0 Å². The molecule has 0 saturated heterocycles. The standard InChI is InChI=1S/C15H20S2/c1-15(2,3)14-8-13-11(9-16-14)10-6-4-5-7-12(10)17-13/h8H,4-7,9H2,1-3H3. The van der Waals surface area contributed by atoms with Crippen molar-refractivity contribution in [3.05, 3.63) is 25.8 Å². The second kappa shape index (κ2) is 4.17. The van der Waals surface area contributed by atoms with E-state index in [0.29, 0.717) is 5.41 Å². The van der Waals surface area contributed by atoms with Gasteiger partial charge in [-0.15, -0.1) is 23.1 Å². The SMILES string of the molecule is CC(C)(C)C1=Cc2sc3c(c2CS1)CCCC3. The molecule has 0 bridgehead atoms. The summed E-state index contributed by atoms with van der Waals surface area (Å²) in [6.45, 7) is 6.97. The van der Waals surface area contributed by atoms with Gasteiger partial charge in [-0.3, -0.25) is 0 Å². The molecule has 2 aliphatic rings. The highest BCUT2D eigenvalue weighted by Crippen LogP contribution is 2.47. The van der Waals surface area contributed by atoms with Gasteiger partial charge < -0.3 is 0 Å². The predicted octanol–water partition coefficient (Wildman–Crippen LogP) is 5.26. The van der Waals surface area contributed by atoms with Crippen LogP contribution in [0.5, 0.6) is 0 Å². The molecular formula is C15H20S2. The summed E-state index contributed by atoms with van der Waals surface area (Å²) in [5.74, 6) is 1.21. The third kappa shape index (κ3) is 2.10. The quantitative estimate of drug-likeness (QED) is 0.616. The Morgan fingerprint density at radius 3 is 2.59 bits per heavy atom. The molecule has 0 spiro atoms. The van der Waals surface area contributed by atoms with E-state index in [2.05, 4.69) is 49.9 Å². The summed E-state index contributed by atoms with van der Waals surface area (Å²) in [5, 5.41) is 0. The highest BCUT2D eigenvalue weighted by atomic mass is 32.2. The van der Waals surface area contributed by atoms with Gasteiger partial charge in [-0.1, -0.05) is 20.8 Å². The highest BCUT2D eigenvalue weighted by Gasteiger charge is 2.26. The molecule has 92 valence electrons. The first-order valence-electron chi connectivity index (χ1n) is 6.54. The Bertz CT molecular complexity index is 472. The molecule has 2 heteroatoms. The molecule has 1 aliphatic heterocycles. The Labute approximate surface area is 113 Å². The summed E-state index contributed by atoms with van der Waals surface area (Å²) < 4.78 is 0. The fourth-order valence-corrected chi connectivity index (χ4v) is 5.46. The van der Waals surface area contributed by atoms with Gasteiger partial charge in [0.2, 0.25) is 0 Å². The van der Waals surface area contributed by atoms with E-state index in [1.54, 1.807) is 25.8 Å². The van der Waals surface area contributed by atoms with Crippen molar-refractivity contribution in [1.82, 2.24) is 0 Å². The van der Waals surface area contributed by atoms with Gasteiger partial charge in [-0.2, -0.15) is 0 Å². The van der Waals surface area contributed by atoms with Crippen LogP contribution >= 0.6 is 23.1 Å². The first-order valence-corrected chi connectivity index (χ1v) is 8.34. The molecule has 1 aliphatic carbocycles. The lowest BCUT2D eigenvalue weighted by atomic mass is 9.93. The van der Waals surface area contributed by atoms with E-state index in [1.807, 2.05) is 0 Å². The number of thioether (sulfide) groups is 1. The monoisotopic (exact) mass is 264 g/mol. The van der Waals surface area contributed by atoms with Crippen molar-refractivity contribution in [2.45, 2.75) is 52.2 Å².